The minimum absolute atomic E-state index is 0.0309. The lowest BCUT2D eigenvalue weighted by molar-refractivity contribution is -0.300. The monoisotopic (exact) mass is 676 g/mol. The maximum atomic E-state index is 14.0. The van der Waals surface area contributed by atoms with Gasteiger partial charge < -0.3 is 33.5 Å². The van der Waals surface area contributed by atoms with Crippen LogP contribution in [0.4, 0.5) is 0 Å². The van der Waals surface area contributed by atoms with Crippen molar-refractivity contribution in [2.75, 3.05) is 13.7 Å². The molecule has 0 radical (unpaired) electrons. The van der Waals surface area contributed by atoms with Gasteiger partial charge in [-0.1, -0.05) is 19.4 Å². The molecule has 4 aliphatic carbocycles. The lowest BCUT2D eigenvalue weighted by Crippen LogP contribution is -2.64. The number of carbonyl (C=O) groups excluding carboxylic acids is 7. The smallest absolute Gasteiger partial charge is 0.339 e. The van der Waals surface area contributed by atoms with Crippen LogP contribution in [0.2, 0.25) is 0 Å². The molecule has 14 heteroatoms. The van der Waals surface area contributed by atoms with Crippen LogP contribution in [0.15, 0.2) is 11.6 Å². The Morgan fingerprint density at radius 1 is 0.896 bits per heavy atom. The zero-order valence-corrected chi connectivity index (χ0v) is 28.1. The molecule has 5 rings (SSSR count). The van der Waals surface area contributed by atoms with Gasteiger partial charge in [-0.05, 0) is 55.4 Å². The van der Waals surface area contributed by atoms with Gasteiger partial charge in [0.1, 0.15) is 18.0 Å². The fraction of sp³-hybridized carbons (Fsp3) is 0.735. The lowest BCUT2D eigenvalue weighted by Gasteiger charge is -2.57. The van der Waals surface area contributed by atoms with Gasteiger partial charge in [0.05, 0.1) is 7.11 Å². The zero-order valence-electron chi connectivity index (χ0n) is 28.1. The van der Waals surface area contributed by atoms with E-state index in [0.717, 1.165) is 33.5 Å². The predicted octanol–water partition coefficient (Wildman–Crippen LogP) is 1.71. The molecule has 0 aromatic carbocycles. The van der Waals surface area contributed by atoms with E-state index >= 15 is 0 Å². The Morgan fingerprint density at radius 2 is 1.52 bits per heavy atom. The standard InChI is InChI=1S/C34H44O14/c1-16(35)45-26-27(46-17(2)36)29(47-18(3)37)31(48-28(26)30(41)43-6)44-15-24(40)34(42)12-10-22-21-8-7-19-13-20(38)9-11-32(19,4)25(21)23(39)14-33(22,34)5/h13,21-22,25-29,31,42H,7-12,14-15H2,1-6H3/t21-,22-,25+,26+,27+,28+,29-,31-,32-,33-,34-/m1/s1. The Labute approximate surface area is 278 Å². The molecular weight excluding hydrogens is 632 g/mol. The van der Waals surface area contributed by atoms with Crippen LogP contribution in [0.5, 0.6) is 0 Å². The highest BCUT2D eigenvalue weighted by atomic mass is 16.7. The number of esters is 4. The van der Waals surface area contributed by atoms with Crippen molar-refractivity contribution in [3.63, 3.8) is 0 Å². The van der Waals surface area contributed by atoms with Crippen molar-refractivity contribution in [1.82, 2.24) is 0 Å². The molecule has 1 saturated heterocycles. The number of carbonyl (C=O) groups is 7. The Kier molecular flexibility index (Phi) is 9.76. The first-order valence-electron chi connectivity index (χ1n) is 16.4. The largest absolute Gasteiger partial charge is 0.467 e. The predicted molar refractivity (Wildman–Crippen MR) is 160 cm³/mol. The van der Waals surface area contributed by atoms with Crippen LogP contribution in [-0.2, 0) is 62.0 Å². The number of Topliss-reactive ketones (excluding diaryl/α,β-unsaturated/α-hetero) is 2. The van der Waals surface area contributed by atoms with Crippen LogP contribution in [0.25, 0.3) is 0 Å². The van der Waals surface area contributed by atoms with E-state index in [1.54, 1.807) is 13.0 Å². The number of aliphatic hydroxyl groups is 1. The van der Waals surface area contributed by atoms with Crippen molar-refractivity contribution in [2.45, 2.75) is 116 Å². The molecule has 0 unspecified atom stereocenters. The lowest BCUT2D eigenvalue weighted by atomic mass is 9.46. The molecule has 1 aliphatic heterocycles. The summed E-state index contributed by atoms with van der Waals surface area (Å²) in [6, 6.07) is 0. The maximum absolute atomic E-state index is 14.0. The summed E-state index contributed by atoms with van der Waals surface area (Å²) in [5, 5.41) is 12.1. The quantitative estimate of drug-likeness (QED) is 0.288. The van der Waals surface area contributed by atoms with E-state index in [4.69, 9.17) is 28.4 Å². The van der Waals surface area contributed by atoms with E-state index in [2.05, 4.69) is 6.92 Å². The second-order valence-corrected chi connectivity index (χ2v) is 14.2. The number of rotatable bonds is 8. The minimum atomic E-state index is -1.96. The third-order valence-corrected chi connectivity index (χ3v) is 11.5. The molecular formula is C34H44O14. The SMILES string of the molecule is COC(=O)[C@H]1O[C@@H](OCC(=O)[C@]2(O)CC[C@@H]3[C@H]4CCC5=CC(=O)CC[C@@]5(C)[C@@H]4C(=O)C[C@]32C)[C@H](OC(C)=O)[C@@H](OC(C)=O)[C@@H]1OC(C)=O. The van der Waals surface area contributed by atoms with Crippen LogP contribution in [-0.4, -0.2) is 96.4 Å². The Bertz CT molecular complexity index is 1430. The van der Waals surface area contributed by atoms with E-state index in [-0.39, 0.29) is 42.2 Å². The molecule has 3 saturated carbocycles. The maximum Gasteiger partial charge on any atom is 0.339 e. The molecule has 48 heavy (non-hydrogen) atoms. The van der Waals surface area contributed by atoms with E-state index in [9.17, 15) is 38.7 Å². The molecule has 0 bridgehead atoms. The average Bonchev–Trinajstić information content (AvgIpc) is 3.27. The number of hydrogen-bond donors (Lipinski definition) is 1. The number of fused-ring (bicyclic) bond motifs is 5. The van der Waals surface area contributed by atoms with E-state index in [1.165, 1.54) is 0 Å². The van der Waals surface area contributed by atoms with Crippen molar-refractivity contribution >= 4 is 41.2 Å². The number of ketones is 3. The number of methoxy groups -OCH3 is 1. The zero-order chi connectivity index (χ0) is 35.3. The number of hydrogen-bond acceptors (Lipinski definition) is 14. The van der Waals surface area contributed by atoms with Gasteiger partial charge in [-0.25, -0.2) is 4.79 Å². The van der Waals surface area contributed by atoms with Crippen molar-refractivity contribution in [2.24, 2.45) is 28.6 Å². The summed E-state index contributed by atoms with van der Waals surface area (Å²) in [7, 11) is 1.05. The number of ether oxygens (including phenoxy) is 6. The van der Waals surface area contributed by atoms with E-state index in [0.29, 0.717) is 32.1 Å². The summed E-state index contributed by atoms with van der Waals surface area (Å²) < 4.78 is 32.3. The first-order chi connectivity index (χ1) is 22.5. The van der Waals surface area contributed by atoms with Crippen molar-refractivity contribution in [3.8, 4) is 0 Å². The van der Waals surface area contributed by atoms with Gasteiger partial charge in [0.25, 0.3) is 0 Å². The molecule has 1 N–H and O–H groups in total. The average molecular weight is 677 g/mol. The summed E-state index contributed by atoms with van der Waals surface area (Å²) in [5.41, 5.74) is -2.49. The highest BCUT2D eigenvalue weighted by molar-refractivity contribution is 5.94. The molecule has 0 aromatic rings. The third-order valence-electron chi connectivity index (χ3n) is 11.5. The van der Waals surface area contributed by atoms with Crippen LogP contribution in [0, 0.1) is 28.6 Å². The Balaban J connectivity index is 1.39. The van der Waals surface area contributed by atoms with Gasteiger partial charge in [-0.15, -0.1) is 0 Å². The van der Waals surface area contributed by atoms with Crippen LogP contribution >= 0.6 is 0 Å². The molecule has 0 spiro atoms. The Morgan fingerprint density at radius 3 is 2.15 bits per heavy atom. The normalized spacial score (nSPS) is 40.4. The van der Waals surface area contributed by atoms with Crippen molar-refractivity contribution < 1.29 is 67.1 Å². The van der Waals surface area contributed by atoms with Crippen molar-refractivity contribution in [3.05, 3.63) is 11.6 Å². The molecule has 14 nitrogen and oxygen atoms in total. The fourth-order valence-electron chi connectivity index (χ4n) is 9.34. The first-order valence-corrected chi connectivity index (χ1v) is 16.4. The fourth-order valence-corrected chi connectivity index (χ4v) is 9.34. The second kappa shape index (κ2) is 13.1. The molecule has 5 aliphatic rings. The van der Waals surface area contributed by atoms with Gasteiger partial charge in [-0.3, -0.25) is 28.8 Å². The topological polar surface area (TPSA) is 195 Å². The highest BCUT2D eigenvalue weighted by Crippen LogP contribution is 2.66. The molecule has 264 valence electrons. The van der Waals surface area contributed by atoms with E-state index < -0.39 is 83.4 Å². The molecule has 4 fully saturated rings. The second-order valence-electron chi connectivity index (χ2n) is 14.2. The minimum Gasteiger partial charge on any atom is -0.467 e. The first kappa shape index (κ1) is 35.8. The molecule has 0 aromatic heterocycles. The summed E-state index contributed by atoms with van der Waals surface area (Å²) in [6.07, 6.45) is -3.64. The molecule has 11 atom stereocenters. The van der Waals surface area contributed by atoms with Crippen LogP contribution < -0.4 is 0 Å². The van der Waals surface area contributed by atoms with Gasteiger partial charge in [0.15, 0.2) is 42.3 Å². The van der Waals surface area contributed by atoms with Crippen LogP contribution in [0.1, 0.15) is 79.6 Å². The van der Waals surface area contributed by atoms with Gasteiger partial charge in [-0.2, -0.15) is 0 Å². The van der Waals surface area contributed by atoms with Gasteiger partial charge in [0, 0.05) is 44.9 Å². The van der Waals surface area contributed by atoms with E-state index in [1.807, 2.05) is 0 Å². The van der Waals surface area contributed by atoms with Crippen LogP contribution in [0.3, 0.4) is 0 Å². The highest BCUT2D eigenvalue weighted by Gasteiger charge is 2.68. The van der Waals surface area contributed by atoms with Gasteiger partial charge in [0.2, 0.25) is 0 Å². The summed E-state index contributed by atoms with van der Waals surface area (Å²) in [4.78, 5) is 89.1. The van der Waals surface area contributed by atoms with Crippen molar-refractivity contribution in [1.29, 1.82) is 0 Å². The number of allylic oxidation sites excluding steroid dienone is 1. The Hall–Kier alpha value is -3.49. The molecule has 0 amide bonds. The molecule has 1 heterocycles. The van der Waals surface area contributed by atoms with Gasteiger partial charge >= 0.3 is 23.9 Å². The third kappa shape index (κ3) is 6.00. The summed E-state index contributed by atoms with van der Waals surface area (Å²) in [5.74, 6) is -4.85. The summed E-state index contributed by atoms with van der Waals surface area (Å²) >= 11 is 0. The summed E-state index contributed by atoms with van der Waals surface area (Å²) in [6.45, 7) is 6.21.